The first-order valence-electron chi connectivity index (χ1n) is 12.3. The predicted octanol–water partition coefficient (Wildman–Crippen LogP) is 5.75. The number of allylic oxidation sites excluding steroid dienone is 1. The van der Waals surface area contributed by atoms with Crippen LogP contribution in [0.25, 0.3) is 17.2 Å². The van der Waals surface area contributed by atoms with Crippen LogP contribution in [0, 0.1) is 13.8 Å². The molecule has 0 aliphatic carbocycles. The van der Waals surface area contributed by atoms with Gasteiger partial charge in [-0.2, -0.15) is 0 Å². The lowest BCUT2D eigenvalue weighted by Crippen LogP contribution is -2.19. The predicted molar refractivity (Wildman–Crippen MR) is 149 cm³/mol. The van der Waals surface area contributed by atoms with E-state index in [-0.39, 0.29) is 5.78 Å². The van der Waals surface area contributed by atoms with Gasteiger partial charge in [0.25, 0.3) is 0 Å². The minimum Gasteiger partial charge on any atom is -0.492 e. The van der Waals surface area contributed by atoms with Crippen molar-refractivity contribution in [2.24, 2.45) is 0 Å². The lowest BCUT2D eigenvalue weighted by molar-refractivity contribution is 0.104. The van der Waals surface area contributed by atoms with Gasteiger partial charge in [0, 0.05) is 24.2 Å². The first-order chi connectivity index (χ1) is 17.2. The van der Waals surface area contributed by atoms with Crippen molar-refractivity contribution in [3.05, 3.63) is 89.0 Å². The molecule has 0 aliphatic heterocycles. The Morgan fingerprint density at radius 2 is 1.44 bits per heavy atom. The molecule has 5 heteroatoms. The summed E-state index contributed by atoms with van der Waals surface area (Å²) in [6.07, 6.45) is 3.46. The Bertz CT molecular complexity index is 1180. The maximum Gasteiger partial charge on any atom is 0.185 e. The number of ketones is 1. The van der Waals surface area contributed by atoms with Crippen LogP contribution >= 0.6 is 0 Å². The number of aryl methyl sites for hydroxylation is 2. The highest BCUT2D eigenvalue weighted by molar-refractivity contribution is 6.07. The minimum atomic E-state index is -0.0795. The molecule has 190 valence electrons. The molecule has 0 N–H and O–H groups in total. The number of carbonyl (C=O) groups excluding carboxylic acids is 1. The number of ether oxygens (including phenoxy) is 2. The highest BCUT2D eigenvalue weighted by Gasteiger charge is 2.09. The number of hydrogen-bond donors (Lipinski definition) is 0. The molecule has 0 saturated heterocycles. The molecular formula is C31H38N2O3. The fourth-order valence-electron chi connectivity index (χ4n) is 3.82. The van der Waals surface area contributed by atoms with E-state index in [1.807, 2.05) is 58.5 Å². The third-order valence-corrected chi connectivity index (χ3v) is 5.70. The molecule has 0 aromatic heterocycles. The summed E-state index contributed by atoms with van der Waals surface area (Å²) >= 11 is 0. The van der Waals surface area contributed by atoms with Crippen LogP contribution in [0.1, 0.15) is 27.0 Å². The molecule has 0 saturated carbocycles. The summed E-state index contributed by atoms with van der Waals surface area (Å²) in [6.45, 7) is 6.96. The fourth-order valence-corrected chi connectivity index (χ4v) is 3.82. The Labute approximate surface area is 216 Å². The Kier molecular flexibility index (Phi) is 9.86. The summed E-state index contributed by atoms with van der Waals surface area (Å²) < 4.78 is 11.9. The third-order valence-electron chi connectivity index (χ3n) is 5.70. The molecule has 0 bridgehead atoms. The molecule has 3 aromatic rings. The standard InChI is InChI=1S/C31H38N2O3/c1-23-18-24(2)20-28(19-23)25-11-13-31(36-17-15-33(5)6)27(21-25)10-12-30(34)26-8-7-9-29(22-26)35-16-14-32(3)4/h7-13,18-22H,14-17H2,1-6H3/b12-10+. The van der Waals surface area contributed by atoms with E-state index >= 15 is 0 Å². The van der Waals surface area contributed by atoms with Crippen LogP contribution in [0.4, 0.5) is 0 Å². The largest absolute Gasteiger partial charge is 0.492 e. The zero-order chi connectivity index (χ0) is 26.1. The molecule has 5 nitrogen and oxygen atoms in total. The second kappa shape index (κ2) is 13.1. The lowest BCUT2D eigenvalue weighted by atomic mass is 9.98. The van der Waals surface area contributed by atoms with Crippen LogP contribution in [0.5, 0.6) is 11.5 Å². The zero-order valence-electron chi connectivity index (χ0n) is 22.4. The van der Waals surface area contributed by atoms with Crippen LogP contribution in [-0.2, 0) is 0 Å². The van der Waals surface area contributed by atoms with E-state index in [1.54, 1.807) is 12.1 Å². The first-order valence-corrected chi connectivity index (χ1v) is 12.3. The number of likely N-dealkylation sites (N-methyl/N-ethyl adjacent to an activating group) is 2. The van der Waals surface area contributed by atoms with Crippen molar-refractivity contribution in [3.63, 3.8) is 0 Å². The fraction of sp³-hybridized carbons (Fsp3) is 0.323. The van der Waals surface area contributed by atoms with Gasteiger partial charge < -0.3 is 19.3 Å². The normalized spacial score (nSPS) is 11.4. The molecule has 0 unspecified atom stereocenters. The highest BCUT2D eigenvalue weighted by atomic mass is 16.5. The van der Waals surface area contributed by atoms with E-state index in [2.05, 4.69) is 54.0 Å². The highest BCUT2D eigenvalue weighted by Crippen LogP contribution is 2.29. The Morgan fingerprint density at radius 3 is 2.11 bits per heavy atom. The van der Waals surface area contributed by atoms with Gasteiger partial charge in [-0.15, -0.1) is 0 Å². The van der Waals surface area contributed by atoms with E-state index in [1.165, 1.54) is 11.1 Å². The summed E-state index contributed by atoms with van der Waals surface area (Å²) in [5.74, 6) is 1.37. The average molecular weight is 487 g/mol. The summed E-state index contributed by atoms with van der Waals surface area (Å²) in [6, 6.07) is 20.0. The Balaban J connectivity index is 1.85. The van der Waals surface area contributed by atoms with Crippen molar-refractivity contribution in [2.45, 2.75) is 13.8 Å². The Morgan fingerprint density at radius 1 is 0.778 bits per heavy atom. The van der Waals surface area contributed by atoms with Crippen LogP contribution in [0.3, 0.4) is 0 Å². The molecule has 0 heterocycles. The van der Waals surface area contributed by atoms with Crippen molar-refractivity contribution in [1.82, 2.24) is 9.80 Å². The smallest absolute Gasteiger partial charge is 0.185 e. The average Bonchev–Trinajstić information content (AvgIpc) is 2.82. The third kappa shape index (κ3) is 8.36. The molecule has 0 spiro atoms. The number of rotatable bonds is 12. The van der Waals surface area contributed by atoms with E-state index < -0.39 is 0 Å². The van der Waals surface area contributed by atoms with Gasteiger partial charge in [0.2, 0.25) is 0 Å². The monoisotopic (exact) mass is 486 g/mol. The second-order valence-electron chi connectivity index (χ2n) is 9.66. The molecular weight excluding hydrogens is 448 g/mol. The molecule has 3 aromatic carbocycles. The summed E-state index contributed by atoms with van der Waals surface area (Å²) in [5, 5.41) is 0. The van der Waals surface area contributed by atoms with Gasteiger partial charge in [-0.25, -0.2) is 0 Å². The molecule has 3 rings (SSSR count). The van der Waals surface area contributed by atoms with E-state index in [9.17, 15) is 4.79 Å². The molecule has 0 radical (unpaired) electrons. The van der Waals surface area contributed by atoms with Crippen LogP contribution < -0.4 is 9.47 Å². The van der Waals surface area contributed by atoms with Crippen molar-refractivity contribution in [2.75, 3.05) is 54.5 Å². The van der Waals surface area contributed by atoms with Crippen molar-refractivity contribution < 1.29 is 14.3 Å². The molecule has 0 atom stereocenters. The van der Waals surface area contributed by atoms with Gasteiger partial charge in [-0.3, -0.25) is 4.79 Å². The minimum absolute atomic E-state index is 0.0795. The summed E-state index contributed by atoms with van der Waals surface area (Å²) in [5.41, 5.74) is 6.14. The SMILES string of the molecule is Cc1cc(C)cc(-c2ccc(OCCN(C)C)c(/C=C/C(=O)c3cccc(OCCN(C)C)c3)c2)c1. The molecule has 36 heavy (non-hydrogen) atoms. The van der Waals surface area contributed by atoms with Crippen molar-refractivity contribution in [1.29, 1.82) is 0 Å². The zero-order valence-corrected chi connectivity index (χ0v) is 22.4. The Hall–Kier alpha value is -3.41. The summed E-state index contributed by atoms with van der Waals surface area (Å²) in [4.78, 5) is 17.2. The van der Waals surface area contributed by atoms with Crippen molar-refractivity contribution >= 4 is 11.9 Å². The summed E-state index contributed by atoms with van der Waals surface area (Å²) in [7, 11) is 8.04. The second-order valence-corrected chi connectivity index (χ2v) is 9.66. The number of carbonyl (C=O) groups is 1. The van der Waals surface area contributed by atoms with Crippen LogP contribution in [0.15, 0.2) is 66.7 Å². The van der Waals surface area contributed by atoms with Crippen LogP contribution in [-0.4, -0.2) is 70.1 Å². The molecule has 0 amide bonds. The van der Waals surface area contributed by atoms with E-state index in [0.717, 1.165) is 35.5 Å². The molecule has 0 fully saturated rings. The first kappa shape index (κ1) is 27.2. The van der Waals surface area contributed by atoms with Gasteiger partial charge in [0.05, 0.1) is 0 Å². The van der Waals surface area contributed by atoms with E-state index in [4.69, 9.17) is 9.47 Å². The van der Waals surface area contributed by atoms with Gasteiger partial charge in [0.1, 0.15) is 24.7 Å². The van der Waals surface area contributed by atoms with Gasteiger partial charge >= 0.3 is 0 Å². The number of benzene rings is 3. The molecule has 0 aliphatic rings. The number of nitrogens with zero attached hydrogens (tertiary/aromatic N) is 2. The van der Waals surface area contributed by atoms with Crippen molar-refractivity contribution in [3.8, 4) is 22.6 Å². The topological polar surface area (TPSA) is 42.0 Å². The maximum absolute atomic E-state index is 13.0. The quantitative estimate of drug-likeness (QED) is 0.241. The van der Waals surface area contributed by atoms with Gasteiger partial charge in [-0.05, 0) is 89.6 Å². The van der Waals surface area contributed by atoms with Crippen LogP contribution in [0.2, 0.25) is 0 Å². The van der Waals surface area contributed by atoms with Gasteiger partial charge in [-0.1, -0.05) is 47.5 Å². The van der Waals surface area contributed by atoms with Gasteiger partial charge in [0.15, 0.2) is 5.78 Å². The van der Waals surface area contributed by atoms with E-state index in [0.29, 0.717) is 24.5 Å². The lowest BCUT2D eigenvalue weighted by Gasteiger charge is -2.14. The number of hydrogen-bond acceptors (Lipinski definition) is 5. The maximum atomic E-state index is 13.0.